The van der Waals surface area contributed by atoms with Crippen molar-refractivity contribution in [2.24, 2.45) is 5.73 Å². The van der Waals surface area contributed by atoms with Crippen LogP contribution in [0.4, 0.5) is 5.69 Å². The second-order valence-electron chi connectivity index (χ2n) is 3.85. The fourth-order valence-corrected chi connectivity index (χ4v) is 2.00. The molecule has 0 aromatic carbocycles. The molecule has 1 aromatic heterocycles. The van der Waals surface area contributed by atoms with Gasteiger partial charge in [0.2, 0.25) is 0 Å². The third-order valence-electron chi connectivity index (χ3n) is 2.79. The molecule has 1 aliphatic rings. The van der Waals surface area contributed by atoms with Crippen molar-refractivity contribution in [2.45, 2.75) is 19.3 Å². The lowest BCUT2D eigenvalue weighted by molar-refractivity contribution is 0.577. The standard InChI is InChI=1S/C11H16N4/c12-11(13)9-4-5-14-8-10(9)15-6-2-1-3-7-15/h4-5,8H,1-3,6-7H2,(H3,12,13). The Balaban J connectivity index is 2.29. The first-order valence-electron chi connectivity index (χ1n) is 5.32. The lowest BCUT2D eigenvalue weighted by Gasteiger charge is -2.29. The highest BCUT2D eigenvalue weighted by atomic mass is 15.1. The number of piperidine rings is 1. The molecule has 80 valence electrons. The van der Waals surface area contributed by atoms with Crippen molar-refractivity contribution in [3.63, 3.8) is 0 Å². The van der Waals surface area contributed by atoms with Gasteiger partial charge in [-0.25, -0.2) is 0 Å². The maximum Gasteiger partial charge on any atom is 0.125 e. The van der Waals surface area contributed by atoms with Crippen molar-refractivity contribution in [1.82, 2.24) is 4.98 Å². The molecule has 1 aliphatic heterocycles. The van der Waals surface area contributed by atoms with E-state index in [0.29, 0.717) is 0 Å². The minimum atomic E-state index is 0.123. The highest BCUT2D eigenvalue weighted by Gasteiger charge is 2.15. The maximum atomic E-state index is 7.52. The third kappa shape index (κ3) is 2.09. The van der Waals surface area contributed by atoms with Crippen molar-refractivity contribution in [3.8, 4) is 0 Å². The summed E-state index contributed by atoms with van der Waals surface area (Å²) in [6, 6.07) is 1.81. The van der Waals surface area contributed by atoms with Crippen LogP contribution < -0.4 is 10.6 Å². The number of hydrogen-bond acceptors (Lipinski definition) is 3. The lowest BCUT2D eigenvalue weighted by atomic mass is 10.1. The Morgan fingerprint density at radius 3 is 2.73 bits per heavy atom. The van der Waals surface area contributed by atoms with Crippen molar-refractivity contribution < 1.29 is 0 Å². The maximum absolute atomic E-state index is 7.52. The number of nitrogen functional groups attached to an aromatic ring is 1. The third-order valence-corrected chi connectivity index (χ3v) is 2.79. The fraction of sp³-hybridized carbons (Fsp3) is 0.455. The van der Waals surface area contributed by atoms with E-state index in [0.717, 1.165) is 24.3 Å². The summed E-state index contributed by atoms with van der Waals surface area (Å²) in [7, 11) is 0. The Morgan fingerprint density at radius 2 is 2.07 bits per heavy atom. The van der Waals surface area contributed by atoms with Crippen molar-refractivity contribution >= 4 is 11.5 Å². The SMILES string of the molecule is N=C(N)c1ccncc1N1CCCCC1. The summed E-state index contributed by atoms with van der Waals surface area (Å²) in [5.74, 6) is 0.123. The van der Waals surface area contributed by atoms with Crippen LogP contribution in [0, 0.1) is 5.41 Å². The zero-order valence-corrected chi connectivity index (χ0v) is 8.74. The highest BCUT2D eigenvalue weighted by Crippen LogP contribution is 2.22. The second-order valence-corrected chi connectivity index (χ2v) is 3.85. The smallest absolute Gasteiger partial charge is 0.125 e. The van der Waals surface area contributed by atoms with Crippen LogP contribution in [0.5, 0.6) is 0 Å². The molecule has 0 radical (unpaired) electrons. The van der Waals surface area contributed by atoms with Crippen molar-refractivity contribution in [3.05, 3.63) is 24.0 Å². The molecule has 15 heavy (non-hydrogen) atoms. The van der Waals surface area contributed by atoms with Gasteiger partial charge in [0.1, 0.15) is 5.84 Å². The minimum absolute atomic E-state index is 0.123. The highest BCUT2D eigenvalue weighted by molar-refractivity contribution is 6.00. The van der Waals surface area contributed by atoms with E-state index >= 15 is 0 Å². The van der Waals surface area contributed by atoms with Gasteiger partial charge in [-0.1, -0.05) is 0 Å². The molecular formula is C11H16N4. The molecule has 2 rings (SSSR count). The van der Waals surface area contributed by atoms with Crippen LogP contribution in [0.2, 0.25) is 0 Å². The summed E-state index contributed by atoms with van der Waals surface area (Å²) in [5.41, 5.74) is 7.35. The van der Waals surface area contributed by atoms with E-state index in [2.05, 4.69) is 9.88 Å². The van der Waals surface area contributed by atoms with E-state index in [1.54, 1.807) is 6.20 Å². The van der Waals surface area contributed by atoms with Gasteiger partial charge in [0.15, 0.2) is 0 Å². The first-order valence-corrected chi connectivity index (χ1v) is 5.32. The van der Waals surface area contributed by atoms with E-state index in [1.807, 2.05) is 12.3 Å². The van der Waals surface area contributed by atoms with Gasteiger partial charge in [-0.3, -0.25) is 10.4 Å². The summed E-state index contributed by atoms with van der Waals surface area (Å²) in [5, 5.41) is 7.52. The summed E-state index contributed by atoms with van der Waals surface area (Å²) >= 11 is 0. The summed E-state index contributed by atoms with van der Waals surface area (Å²) in [4.78, 5) is 6.38. The Morgan fingerprint density at radius 1 is 1.33 bits per heavy atom. The summed E-state index contributed by atoms with van der Waals surface area (Å²) in [6.07, 6.45) is 7.22. The van der Waals surface area contributed by atoms with Gasteiger partial charge in [0.25, 0.3) is 0 Å². The van der Waals surface area contributed by atoms with Gasteiger partial charge in [0.05, 0.1) is 11.9 Å². The van der Waals surface area contributed by atoms with Crippen LogP contribution in [0.3, 0.4) is 0 Å². The van der Waals surface area contributed by atoms with Gasteiger partial charge >= 0.3 is 0 Å². The number of anilines is 1. The molecule has 0 bridgehead atoms. The minimum Gasteiger partial charge on any atom is -0.384 e. The van der Waals surface area contributed by atoms with Gasteiger partial charge in [-0.05, 0) is 25.3 Å². The van der Waals surface area contributed by atoms with Crippen LogP contribution in [-0.4, -0.2) is 23.9 Å². The topological polar surface area (TPSA) is 66.0 Å². The van der Waals surface area contributed by atoms with E-state index in [4.69, 9.17) is 11.1 Å². The van der Waals surface area contributed by atoms with Gasteiger partial charge in [-0.2, -0.15) is 0 Å². The molecule has 2 heterocycles. The first-order chi connectivity index (χ1) is 7.29. The number of pyridine rings is 1. The van der Waals surface area contributed by atoms with Crippen molar-refractivity contribution in [2.75, 3.05) is 18.0 Å². The molecule has 4 nitrogen and oxygen atoms in total. The van der Waals surface area contributed by atoms with E-state index in [1.165, 1.54) is 19.3 Å². The molecule has 1 aromatic rings. The largest absolute Gasteiger partial charge is 0.384 e. The Hall–Kier alpha value is -1.58. The molecule has 0 spiro atoms. The average Bonchev–Trinajstić information content (AvgIpc) is 2.30. The molecule has 3 N–H and O–H groups in total. The molecule has 0 unspecified atom stereocenters. The van der Waals surface area contributed by atoms with Crippen LogP contribution in [0.25, 0.3) is 0 Å². The van der Waals surface area contributed by atoms with Crippen LogP contribution in [0.1, 0.15) is 24.8 Å². The average molecular weight is 204 g/mol. The number of rotatable bonds is 2. The number of hydrogen-bond donors (Lipinski definition) is 2. The fourth-order valence-electron chi connectivity index (χ4n) is 2.00. The lowest BCUT2D eigenvalue weighted by Crippen LogP contribution is -2.31. The van der Waals surface area contributed by atoms with Crippen LogP contribution >= 0.6 is 0 Å². The number of nitrogens with zero attached hydrogens (tertiary/aromatic N) is 2. The summed E-state index contributed by atoms with van der Waals surface area (Å²) < 4.78 is 0. The number of nitrogens with one attached hydrogen (secondary N) is 1. The van der Waals surface area contributed by atoms with Gasteiger partial charge in [0, 0.05) is 24.8 Å². The van der Waals surface area contributed by atoms with Crippen LogP contribution in [0.15, 0.2) is 18.5 Å². The quantitative estimate of drug-likeness (QED) is 0.564. The number of amidine groups is 1. The van der Waals surface area contributed by atoms with E-state index in [9.17, 15) is 0 Å². The molecule has 1 saturated heterocycles. The Kier molecular flexibility index (Phi) is 2.85. The zero-order chi connectivity index (χ0) is 10.7. The second kappa shape index (κ2) is 4.29. The normalized spacial score (nSPS) is 16.4. The zero-order valence-electron chi connectivity index (χ0n) is 8.74. The van der Waals surface area contributed by atoms with Gasteiger partial charge in [-0.15, -0.1) is 0 Å². The molecular weight excluding hydrogens is 188 g/mol. The number of nitrogens with two attached hydrogens (primary N) is 1. The predicted octanol–water partition coefficient (Wildman–Crippen LogP) is 1.36. The Bertz CT molecular complexity index is 355. The summed E-state index contributed by atoms with van der Waals surface area (Å²) in [6.45, 7) is 2.10. The molecule has 0 atom stereocenters. The monoisotopic (exact) mass is 204 g/mol. The predicted molar refractivity (Wildman–Crippen MR) is 61.3 cm³/mol. The molecule has 0 aliphatic carbocycles. The van der Waals surface area contributed by atoms with E-state index in [-0.39, 0.29) is 5.84 Å². The van der Waals surface area contributed by atoms with Crippen molar-refractivity contribution in [1.29, 1.82) is 5.41 Å². The molecule has 0 amide bonds. The van der Waals surface area contributed by atoms with Gasteiger partial charge < -0.3 is 10.6 Å². The molecule has 1 fully saturated rings. The van der Waals surface area contributed by atoms with E-state index < -0.39 is 0 Å². The van der Waals surface area contributed by atoms with Crippen LogP contribution in [-0.2, 0) is 0 Å². The molecule has 4 heteroatoms. The number of aromatic nitrogens is 1. The molecule has 0 saturated carbocycles. The Labute approximate surface area is 89.6 Å². The first kappa shape index (κ1) is 9.96.